The minimum Gasteiger partial charge on any atom is -0.465 e. The lowest BCUT2D eigenvalue weighted by molar-refractivity contribution is -0.145. The molecule has 1 unspecified atom stereocenters. The summed E-state index contributed by atoms with van der Waals surface area (Å²) in [6.07, 6.45) is 4.37. The van der Waals surface area contributed by atoms with Crippen molar-refractivity contribution in [3.05, 3.63) is 11.5 Å². The Morgan fingerprint density at radius 2 is 1.50 bits per heavy atom. The zero-order valence-corrected chi connectivity index (χ0v) is 32.0. The summed E-state index contributed by atoms with van der Waals surface area (Å²) in [6.45, 7) is 11.1. The van der Waals surface area contributed by atoms with Gasteiger partial charge < -0.3 is 39.5 Å². The molecule has 18 heteroatoms. The van der Waals surface area contributed by atoms with Gasteiger partial charge in [-0.25, -0.2) is 18.0 Å². The molecule has 1 aromatic rings. The quantitative estimate of drug-likeness (QED) is 0.179. The van der Waals surface area contributed by atoms with Crippen LogP contribution in [0.2, 0.25) is 0 Å². The Morgan fingerprint density at radius 1 is 0.942 bits per heavy atom. The van der Waals surface area contributed by atoms with Gasteiger partial charge in [0.05, 0.1) is 13.2 Å². The minimum atomic E-state index is -4.26. The molecule has 2 saturated heterocycles. The molecule has 2 fully saturated rings. The fourth-order valence-corrected chi connectivity index (χ4v) is 8.05. The van der Waals surface area contributed by atoms with Crippen LogP contribution in [0.4, 0.5) is 9.59 Å². The van der Waals surface area contributed by atoms with Crippen LogP contribution in [0.1, 0.15) is 90.5 Å². The van der Waals surface area contributed by atoms with E-state index in [1.165, 1.54) is 18.7 Å². The molecule has 1 aromatic heterocycles. The van der Waals surface area contributed by atoms with E-state index in [1.807, 2.05) is 20.8 Å². The maximum atomic E-state index is 13.5. The van der Waals surface area contributed by atoms with Gasteiger partial charge in [0.15, 0.2) is 5.76 Å². The number of carbonyl (C=O) groups excluding carboxylic acids is 4. The van der Waals surface area contributed by atoms with Crippen LogP contribution >= 0.6 is 0 Å². The molecule has 2 aliphatic heterocycles. The maximum absolute atomic E-state index is 13.5. The van der Waals surface area contributed by atoms with Gasteiger partial charge in [-0.2, -0.15) is 4.72 Å². The van der Waals surface area contributed by atoms with Crippen molar-refractivity contribution in [1.29, 1.82) is 0 Å². The fraction of sp³-hybridized carbons (Fsp3) is 0.765. The number of esters is 1. The van der Waals surface area contributed by atoms with Gasteiger partial charge >= 0.3 is 18.2 Å². The predicted octanol–water partition coefficient (Wildman–Crippen LogP) is 2.95. The van der Waals surface area contributed by atoms with Crippen molar-refractivity contribution in [2.45, 2.75) is 109 Å². The van der Waals surface area contributed by atoms with Crippen molar-refractivity contribution in [3.8, 4) is 0 Å². The molecule has 0 aromatic carbocycles. The Labute approximate surface area is 305 Å². The van der Waals surface area contributed by atoms with Crippen LogP contribution < -0.4 is 15.4 Å². The first-order valence-corrected chi connectivity index (χ1v) is 19.5. The van der Waals surface area contributed by atoms with Crippen LogP contribution in [-0.2, 0) is 33.9 Å². The topological polar surface area (TPSA) is 227 Å². The summed E-state index contributed by atoms with van der Waals surface area (Å²) in [5.74, 6) is -1.60. The highest BCUT2D eigenvalue weighted by molar-refractivity contribution is 7.89. The molecule has 4 amide bonds. The number of hydrogen-bond donors (Lipinski definition) is 4. The number of carboxylic acid groups (broad SMARTS) is 1. The second kappa shape index (κ2) is 19.2. The molecule has 2 aliphatic rings. The van der Waals surface area contributed by atoms with E-state index < -0.39 is 58.6 Å². The summed E-state index contributed by atoms with van der Waals surface area (Å²) < 4.78 is 43.8. The Morgan fingerprint density at radius 3 is 1.98 bits per heavy atom. The molecule has 0 saturated carbocycles. The van der Waals surface area contributed by atoms with Gasteiger partial charge in [0, 0.05) is 38.6 Å². The molecular weight excluding hydrogens is 700 g/mol. The molecule has 4 N–H and O–H groups in total. The molecule has 0 aliphatic carbocycles. The van der Waals surface area contributed by atoms with Crippen LogP contribution in [0.5, 0.6) is 0 Å². The monoisotopic (exact) mass is 756 g/mol. The number of piperidine rings is 2. The highest BCUT2D eigenvalue weighted by Gasteiger charge is 2.33. The number of amides is 4. The maximum Gasteiger partial charge on any atom is 0.410 e. The normalized spacial score (nSPS) is 17.3. The molecule has 52 heavy (non-hydrogen) atoms. The second-order valence-electron chi connectivity index (χ2n) is 14.6. The molecule has 17 nitrogen and oxygen atoms in total. The van der Waals surface area contributed by atoms with Crippen LogP contribution in [0.15, 0.2) is 9.42 Å². The van der Waals surface area contributed by atoms with Crippen LogP contribution in [0.3, 0.4) is 0 Å². The summed E-state index contributed by atoms with van der Waals surface area (Å²) in [6, 6.07) is -1.46. The van der Waals surface area contributed by atoms with Gasteiger partial charge in [-0.3, -0.25) is 14.4 Å². The first-order chi connectivity index (χ1) is 24.4. The lowest BCUT2D eigenvalue weighted by Gasteiger charge is -2.34. The Kier molecular flexibility index (Phi) is 15.7. The van der Waals surface area contributed by atoms with Gasteiger partial charge in [-0.05, 0) is 105 Å². The van der Waals surface area contributed by atoms with E-state index in [2.05, 4.69) is 20.5 Å². The third-order valence-corrected chi connectivity index (χ3v) is 11.1. The number of hydrogen-bond acceptors (Lipinski definition) is 11. The summed E-state index contributed by atoms with van der Waals surface area (Å²) in [4.78, 5) is 65.7. The van der Waals surface area contributed by atoms with Crippen molar-refractivity contribution in [3.63, 3.8) is 0 Å². The zero-order chi connectivity index (χ0) is 38.6. The van der Waals surface area contributed by atoms with E-state index in [0.29, 0.717) is 57.8 Å². The van der Waals surface area contributed by atoms with Crippen molar-refractivity contribution in [2.24, 2.45) is 17.8 Å². The first-order valence-electron chi connectivity index (χ1n) is 18.0. The lowest BCUT2D eigenvalue weighted by atomic mass is 9.84. The molecule has 0 radical (unpaired) electrons. The Hall–Kier alpha value is -3.93. The fourth-order valence-electron chi connectivity index (χ4n) is 6.53. The first kappa shape index (κ1) is 42.5. The third kappa shape index (κ3) is 13.2. The summed E-state index contributed by atoms with van der Waals surface area (Å²) in [7, 11) is -4.26. The van der Waals surface area contributed by atoms with E-state index in [1.54, 1.807) is 11.8 Å². The van der Waals surface area contributed by atoms with Crippen LogP contribution in [-0.4, -0.2) is 116 Å². The minimum absolute atomic E-state index is 0.0186. The van der Waals surface area contributed by atoms with Gasteiger partial charge in [0.2, 0.25) is 21.8 Å². The average Bonchev–Trinajstić information content (AvgIpc) is 3.43. The summed E-state index contributed by atoms with van der Waals surface area (Å²) >= 11 is 0. The molecule has 3 heterocycles. The summed E-state index contributed by atoms with van der Waals surface area (Å²) in [5, 5.41) is 18.1. The van der Waals surface area contributed by atoms with Crippen molar-refractivity contribution in [2.75, 3.05) is 45.9 Å². The van der Waals surface area contributed by atoms with E-state index in [-0.39, 0.29) is 40.9 Å². The van der Waals surface area contributed by atoms with Gasteiger partial charge in [0.25, 0.3) is 0 Å². The summed E-state index contributed by atoms with van der Waals surface area (Å²) in [5.41, 5.74) is -0.474. The second-order valence-corrected chi connectivity index (χ2v) is 16.2. The highest BCUT2D eigenvalue weighted by atomic mass is 32.2. The number of sulfonamides is 1. The molecule has 3 rings (SSSR count). The number of aromatic nitrogens is 1. The Bertz CT molecular complexity index is 1470. The molecular formula is C34H56N6O11S. The van der Waals surface area contributed by atoms with Crippen molar-refractivity contribution in [1.82, 2.24) is 30.3 Å². The number of ether oxygens (including phenoxy) is 2. The number of rotatable bonds is 16. The molecule has 294 valence electrons. The largest absolute Gasteiger partial charge is 0.465 e. The van der Waals surface area contributed by atoms with Crippen molar-refractivity contribution >= 4 is 40.0 Å². The lowest BCUT2D eigenvalue weighted by Crippen LogP contribution is -2.50. The highest BCUT2D eigenvalue weighted by Crippen LogP contribution is 2.29. The van der Waals surface area contributed by atoms with Crippen LogP contribution in [0, 0.1) is 31.6 Å². The van der Waals surface area contributed by atoms with Gasteiger partial charge in [-0.1, -0.05) is 5.16 Å². The average molecular weight is 757 g/mol. The number of nitrogens with zero attached hydrogens (tertiary/aromatic N) is 3. The molecule has 0 bridgehead atoms. The van der Waals surface area contributed by atoms with E-state index >= 15 is 0 Å². The number of aryl methyl sites for hydroxylation is 2. The number of nitrogens with one attached hydrogen (secondary N) is 3. The van der Waals surface area contributed by atoms with Crippen LogP contribution in [0.25, 0.3) is 0 Å². The smallest absolute Gasteiger partial charge is 0.410 e. The van der Waals surface area contributed by atoms with E-state index in [0.717, 1.165) is 25.7 Å². The SMILES string of the molecule is CCOC(=O)[C@H](CNC(=O)CNC(=O)C(CCC1CCN(C(=O)O)CC1)CCC1CCN(C(=O)OC(C)(C)C)CC1)NS(=O)(=O)c1c(C)noc1C. The zero-order valence-electron chi connectivity index (χ0n) is 31.2. The Balaban J connectivity index is 1.57. The third-order valence-electron chi connectivity index (χ3n) is 9.40. The molecule has 0 spiro atoms. The van der Waals surface area contributed by atoms with Crippen molar-refractivity contribution < 1.29 is 51.5 Å². The van der Waals surface area contributed by atoms with Gasteiger partial charge in [-0.15, -0.1) is 0 Å². The predicted molar refractivity (Wildman–Crippen MR) is 188 cm³/mol. The van der Waals surface area contributed by atoms with Gasteiger partial charge in [0.1, 0.15) is 22.2 Å². The van der Waals surface area contributed by atoms with E-state index in [9.17, 15) is 37.5 Å². The number of carbonyl (C=O) groups is 5. The number of likely N-dealkylation sites (tertiary alicyclic amines) is 2. The van der Waals surface area contributed by atoms with E-state index in [4.69, 9.17) is 14.0 Å². The molecule has 2 atom stereocenters. The standard InChI is InChI=1S/C34H56N6O11S/c1-7-49-31(43)27(38-52(47,48)29-22(2)37-51-23(29)3)20-35-28(41)21-36-30(42)26(10-8-24-12-16-39(17-13-24)32(44)45)11-9-25-14-18-40(19-15-25)33(46)50-34(4,5)6/h24-27,38H,7-21H2,1-6H3,(H,35,41)(H,36,42)(H,44,45)/t26?,27-/m0/s1.